The number of hydrogen-bond donors (Lipinski definition) is 1. The van der Waals surface area contributed by atoms with Gasteiger partial charge in [-0.15, -0.1) is 0 Å². The molecular formula is C33H35BrN2O4. The van der Waals surface area contributed by atoms with Gasteiger partial charge in [-0.2, -0.15) is 0 Å². The first-order valence-electron chi connectivity index (χ1n) is 14.0. The summed E-state index contributed by atoms with van der Waals surface area (Å²) in [7, 11) is 0. The van der Waals surface area contributed by atoms with Crippen molar-refractivity contribution in [2.24, 2.45) is 5.92 Å². The molecule has 40 heavy (non-hydrogen) atoms. The van der Waals surface area contributed by atoms with Gasteiger partial charge in [0.1, 0.15) is 12.1 Å². The maximum atomic E-state index is 14.2. The van der Waals surface area contributed by atoms with Crippen LogP contribution in [0.4, 0.5) is 0 Å². The lowest BCUT2D eigenvalue weighted by Crippen LogP contribution is -2.57. The smallest absolute Gasteiger partial charge is 0.329 e. The number of carbonyl (C=O) groups is 3. The van der Waals surface area contributed by atoms with E-state index >= 15 is 0 Å². The number of amides is 2. The van der Waals surface area contributed by atoms with Crippen LogP contribution in [0.15, 0.2) is 84.9 Å². The fourth-order valence-electron chi connectivity index (χ4n) is 5.82. The third kappa shape index (κ3) is 5.85. The minimum atomic E-state index is -0.773. The van der Waals surface area contributed by atoms with Crippen LogP contribution in [0.2, 0.25) is 0 Å². The second-order valence-corrected chi connectivity index (χ2v) is 11.9. The molecule has 1 N–H and O–H groups in total. The van der Waals surface area contributed by atoms with Gasteiger partial charge in [0, 0.05) is 6.42 Å². The highest BCUT2D eigenvalue weighted by Crippen LogP contribution is 2.40. The molecule has 5 rings (SSSR count). The normalized spacial score (nSPS) is 21.3. The Morgan fingerprint density at radius 3 is 2.12 bits per heavy atom. The van der Waals surface area contributed by atoms with Gasteiger partial charge < -0.3 is 15.0 Å². The van der Waals surface area contributed by atoms with E-state index < -0.39 is 29.0 Å². The number of nitrogens with one attached hydrogen (secondary N) is 1. The third-order valence-corrected chi connectivity index (χ3v) is 9.35. The van der Waals surface area contributed by atoms with Crippen molar-refractivity contribution in [1.82, 2.24) is 10.2 Å². The quantitative estimate of drug-likeness (QED) is 0.270. The molecule has 2 aliphatic heterocycles. The maximum absolute atomic E-state index is 14.2. The second kappa shape index (κ2) is 12.4. The molecule has 0 spiro atoms. The van der Waals surface area contributed by atoms with Crippen LogP contribution in [-0.4, -0.2) is 39.6 Å². The number of piperidine rings is 1. The van der Waals surface area contributed by atoms with E-state index in [1.165, 1.54) is 0 Å². The van der Waals surface area contributed by atoms with Crippen LogP contribution in [0, 0.1) is 5.92 Å². The molecule has 3 aromatic carbocycles. The largest absolute Gasteiger partial charge is 0.451 e. The average Bonchev–Trinajstić information content (AvgIpc) is 3.10. The van der Waals surface area contributed by atoms with Gasteiger partial charge >= 0.3 is 5.97 Å². The van der Waals surface area contributed by atoms with Gasteiger partial charge in [-0.1, -0.05) is 115 Å². The van der Waals surface area contributed by atoms with E-state index in [4.69, 9.17) is 4.74 Å². The van der Waals surface area contributed by atoms with Crippen LogP contribution < -0.4 is 5.32 Å². The maximum Gasteiger partial charge on any atom is 0.329 e. The molecule has 6 nitrogen and oxygen atoms in total. The van der Waals surface area contributed by atoms with Crippen LogP contribution >= 0.6 is 15.9 Å². The summed E-state index contributed by atoms with van der Waals surface area (Å²) in [5.74, 6) is -0.837. The molecule has 2 heterocycles. The Balaban J connectivity index is 1.48. The molecule has 0 aliphatic carbocycles. The molecule has 0 bridgehead atoms. The van der Waals surface area contributed by atoms with E-state index in [2.05, 4.69) is 21.2 Å². The van der Waals surface area contributed by atoms with Gasteiger partial charge in [0.25, 0.3) is 0 Å². The standard InChI is InChI=1S/C33H35BrN2O4/c1-21(2)29(34)31(37)35-26-20-24-16-9-10-17-25(24)27-18-11-19-28(36(27)32(26)38)33(39)40-30(22-12-5-3-6-13-22)23-14-7-4-8-15-23/h3-10,12-17,21,26-30H,11,18-20H2,1-2H3,(H,35,37)/t26-,27+,28-,29+/m0/s1. The third-order valence-electron chi connectivity index (χ3n) is 7.88. The Labute approximate surface area is 244 Å². The van der Waals surface area contributed by atoms with Gasteiger partial charge in [-0.25, -0.2) is 4.79 Å². The van der Waals surface area contributed by atoms with Crippen molar-refractivity contribution in [3.8, 4) is 0 Å². The molecule has 4 atom stereocenters. The fourth-order valence-corrected chi connectivity index (χ4v) is 5.95. The Hall–Kier alpha value is -3.45. The highest BCUT2D eigenvalue weighted by atomic mass is 79.9. The number of carbonyl (C=O) groups excluding carboxylic acids is 3. The Morgan fingerprint density at radius 2 is 1.50 bits per heavy atom. The first-order valence-corrected chi connectivity index (χ1v) is 14.9. The average molecular weight is 604 g/mol. The second-order valence-electron chi connectivity index (χ2n) is 11.0. The van der Waals surface area contributed by atoms with Crippen molar-refractivity contribution in [2.45, 2.75) is 68.6 Å². The van der Waals surface area contributed by atoms with Gasteiger partial charge in [-0.05, 0) is 47.4 Å². The van der Waals surface area contributed by atoms with Crippen molar-refractivity contribution in [3.63, 3.8) is 0 Å². The summed E-state index contributed by atoms with van der Waals surface area (Å²) in [6, 6.07) is 25.5. The monoisotopic (exact) mass is 602 g/mol. The van der Waals surface area contributed by atoms with Gasteiger partial charge in [0.05, 0.1) is 10.9 Å². The summed E-state index contributed by atoms with van der Waals surface area (Å²) in [4.78, 5) is 42.5. The number of alkyl halides is 1. The van der Waals surface area contributed by atoms with E-state index in [0.717, 1.165) is 35.1 Å². The zero-order valence-electron chi connectivity index (χ0n) is 22.8. The summed E-state index contributed by atoms with van der Waals surface area (Å²) in [6.07, 6.45) is 1.83. The summed E-state index contributed by atoms with van der Waals surface area (Å²) < 4.78 is 6.25. The Morgan fingerprint density at radius 1 is 0.900 bits per heavy atom. The van der Waals surface area contributed by atoms with Gasteiger partial charge in [0.15, 0.2) is 6.10 Å². The van der Waals surface area contributed by atoms with E-state index in [-0.39, 0.29) is 23.8 Å². The number of hydrogen-bond acceptors (Lipinski definition) is 4. The lowest BCUT2D eigenvalue weighted by Gasteiger charge is -2.41. The van der Waals surface area contributed by atoms with Crippen LogP contribution in [0.1, 0.15) is 67.5 Å². The highest BCUT2D eigenvalue weighted by Gasteiger charge is 2.46. The predicted molar refractivity (Wildman–Crippen MR) is 158 cm³/mol. The molecule has 208 valence electrons. The fraction of sp³-hybridized carbons (Fsp3) is 0.364. The highest BCUT2D eigenvalue weighted by molar-refractivity contribution is 9.10. The first-order chi connectivity index (χ1) is 19.3. The molecule has 1 fully saturated rings. The molecule has 2 aliphatic rings. The lowest BCUT2D eigenvalue weighted by molar-refractivity contribution is -0.163. The van der Waals surface area contributed by atoms with E-state index in [1.54, 1.807) is 4.90 Å². The summed E-state index contributed by atoms with van der Waals surface area (Å²) in [5.41, 5.74) is 3.78. The van der Waals surface area contributed by atoms with Crippen molar-refractivity contribution in [1.29, 1.82) is 0 Å². The first kappa shape index (κ1) is 28.1. The molecule has 1 saturated heterocycles. The summed E-state index contributed by atoms with van der Waals surface area (Å²) in [6.45, 7) is 3.90. The van der Waals surface area contributed by atoms with Crippen molar-refractivity contribution in [2.75, 3.05) is 0 Å². The Kier molecular flexibility index (Phi) is 8.69. The van der Waals surface area contributed by atoms with Crippen LogP contribution in [0.5, 0.6) is 0 Å². The number of esters is 1. The predicted octanol–water partition coefficient (Wildman–Crippen LogP) is 5.90. The zero-order chi connectivity index (χ0) is 28.2. The number of ether oxygens (including phenoxy) is 1. The SMILES string of the molecule is CC(C)[C@@H](Br)C(=O)N[C@H]1Cc2ccccc2[C@H]2CCC[C@@H](C(=O)OC(c3ccccc3)c3ccccc3)N2C1=O. The van der Waals surface area contributed by atoms with Gasteiger partial charge in [-0.3, -0.25) is 9.59 Å². The molecular weight excluding hydrogens is 568 g/mol. The zero-order valence-corrected chi connectivity index (χ0v) is 24.4. The van der Waals surface area contributed by atoms with Crippen LogP contribution in [0.3, 0.4) is 0 Å². The Bertz CT molecular complexity index is 1310. The van der Waals surface area contributed by atoms with E-state index in [9.17, 15) is 14.4 Å². The summed E-state index contributed by atoms with van der Waals surface area (Å²) >= 11 is 3.47. The van der Waals surface area contributed by atoms with Gasteiger partial charge in [0.2, 0.25) is 11.8 Å². The molecule has 7 heteroatoms. The number of rotatable bonds is 7. The molecule has 0 saturated carbocycles. The van der Waals surface area contributed by atoms with Crippen molar-refractivity contribution < 1.29 is 19.1 Å². The van der Waals surface area contributed by atoms with Crippen LogP contribution in [-0.2, 0) is 25.5 Å². The van der Waals surface area contributed by atoms with Crippen molar-refractivity contribution in [3.05, 3.63) is 107 Å². The number of halogens is 1. The molecule has 2 amide bonds. The lowest BCUT2D eigenvalue weighted by atomic mass is 9.89. The molecule has 3 aromatic rings. The number of fused-ring (bicyclic) bond motifs is 3. The minimum Gasteiger partial charge on any atom is -0.451 e. The minimum absolute atomic E-state index is 0.0616. The van der Waals surface area contributed by atoms with Crippen LogP contribution in [0.25, 0.3) is 0 Å². The number of nitrogens with zero attached hydrogens (tertiary/aromatic N) is 1. The van der Waals surface area contributed by atoms with Crippen molar-refractivity contribution >= 4 is 33.7 Å². The molecule has 0 aromatic heterocycles. The number of benzene rings is 3. The molecule has 0 radical (unpaired) electrons. The molecule has 0 unspecified atom stereocenters. The van der Waals surface area contributed by atoms with E-state index in [0.29, 0.717) is 12.8 Å². The van der Waals surface area contributed by atoms with E-state index in [1.807, 2.05) is 98.8 Å². The topological polar surface area (TPSA) is 75.7 Å². The summed E-state index contributed by atoms with van der Waals surface area (Å²) in [5, 5.41) is 2.99.